The molecule has 3 aromatic rings. The third kappa shape index (κ3) is 6.50. The Kier molecular flexibility index (Phi) is 7.76. The Balaban J connectivity index is 1.69. The molecule has 0 bridgehead atoms. The average molecular weight is 426 g/mol. The number of aliphatic hydroxyl groups is 1. The predicted octanol–water partition coefficient (Wildman–Crippen LogP) is 3.62. The molecule has 0 saturated carbocycles. The molecule has 1 atom stereocenters. The standard InChI is InChI=1S/C24H27NO4S/c1-30(27,28)25(17-20-11-5-2-6-12-20)18-23(26)19-29-24(21-13-7-3-8-14-21)22-15-9-4-10-16-22/h2-16,23-24,26H,17-19H2,1H3/t23-/m1/s1. The van der Waals surface area contributed by atoms with Crippen LogP contribution in [-0.2, 0) is 21.3 Å². The van der Waals surface area contributed by atoms with E-state index in [1.807, 2.05) is 91.0 Å². The van der Waals surface area contributed by atoms with Crippen molar-refractivity contribution in [3.8, 4) is 0 Å². The largest absolute Gasteiger partial charge is 0.389 e. The lowest BCUT2D eigenvalue weighted by molar-refractivity contribution is -0.000720. The van der Waals surface area contributed by atoms with Gasteiger partial charge >= 0.3 is 0 Å². The van der Waals surface area contributed by atoms with Gasteiger partial charge in [-0.1, -0.05) is 91.0 Å². The molecule has 6 heteroatoms. The van der Waals surface area contributed by atoms with Crippen LogP contribution in [0, 0.1) is 0 Å². The van der Waals surface area contributed by atoms with Crippen LogP contribution in [-0.4, -0.2) is 43.3 Å². The lowest BCUT2D eigenvalue weighted by Crippen LogP contribution is -2.38. The first kappa shape index (κ1) is 22.2. The minimum atomic E-state index is -3.48. The maximum Gasteiger partial charge on any atom is 0.211 e. The molecule has 0 amide bonds. The molecule has 158 valence electrons. The van der Waals surface area contributed by atoms with E-state index < -0.39 is 16.1 Å². The van der Waals surface area contributed by atoms with Gasteiger partial charge in [-0.2, -0.15) is 4.31 Å². The Morgan fingerprint density at radius 3 is 1.77 bits per heavy atom. The second-order valence-corrected chi connectivity index (χ2v) is 9.21. The van der Waals surface area contributed by atoms with Gasteiger partial charge in [-0.05, 0) is 16.7 Å². The van der Waals surface area contributed by atoms with Crippen molar-refractivity contribution in [2.24, 2.45) is 0 Å². The molecule has 0 heterocycles. The molecule has 0 fully saturated rings. The van der Waals surface area contributed by atoms with E-state index in [1.165, 1.54) is 4.31 Å². The highest BCUT2D eigenvalue weighted by Gasteiger charge is 2.23. The smallest absolute Gasteiger partial charge is 0.211 e. The van der Waals surface area contributed by atoms with Gasteiger partial charge in [0.2, 0.25) is 10.0 Å². The van der Waals surface area contributed by atoms with Crippen molar-refractivity contribution in [2.75, 3.05) is 19.4 Å². The van der Waals surface area contributed by atoms with Gasteiger partial charge in [0.1, 0.15) is 6.10 Å². The van der Waals surface area contributed by atoms with Crippen LogP contribution in [0.4, 0.5) is 0 Å². The summed E-state index contributed by atoms with van der Waals surface area (Å²) in [7, 11) is -3.48. The number of benzene rings is 3. The molecular formula is C24H27NO4S. The molecule has 0 unspecified atom stereocenters. The summed E-state index contributed by atoms with van der Waals surface area (Å²) >= 11 is 0. The molecular weight excluding hydrogens is 398 g/mol. The summed E-state index contributed by atoms with van der Waals surface area (Å²) in [6.45, 7) is 0.177. The molecule has 0 aliphatic rings. The molecule has 0 saturated heterocycles. The van der Waals surface area contributed by atoms with Crippen LogP contribution in [0.25, 0.3) is 0 Å². The fourth-order valence-electron chi connectivity index (χ4n) is 3.24. The molecule has 0 aliphatic heterocycles. The molecule has 0 aliphatic carbocycles. The Labute approximate surface area is 178 Å². The van der Waals surface area contributed by atoms with Crippen LogP contribution in [0.3, 0.4) is 0 Å². The van der Waals surface area contributed by atoms with E-state index in [0.29, 0.717) is 0 Å². The van der Waals surface area contributed by atoms with Crippen molar-refractivity contribution < 1.29 is 18.3 Å². The number of rotatable bonds is 10. The van der Waals surface area contributed by atoms with Crippen LogP contribution in [0.5, 0.6) is 0 Å². The van der Waals surface area contributed by atoms with Gasteiger partial charge in [0, 0.05) is 13.1 Å². The summed E-state index contributed by atoms with van der Waals surface area (Å²) in [6.07, 6.45) is -0.151. The van der Waals surface area contributed by atoms with Crippen LogP contribution in [0.2, 0.25) is 0 Å². The lowest BCUT2D eigenvalue weighted by Gasteiger charge is -2.25. The first-order chi connectivity index (χ1) is 14.4. The lowest BCUT2D eigenvalue weighted by atomic mass is 10.0. The highest BCUT2D eigenvalue weighted by atomic mass is 32.2. The fraction of sp³-hybridized carbons (Fsp3) is 0.250. The van der Waals surface area contributed by atoms with E-state index in [1.54, 1.807) is 0 Å². The second kappa shape index (κ2) is 10.5. The van der Waals surface area contributed by atoms with Gasteiger partial charge in [0.25, 0.3) is 0 Å². The topological polar surface area (TPSA) is 66.8 Å². The highest BCUT2D eigenvalue weighted by Crippen LogP contribution is 2.26. The highest BCUT2D eigenvalue weighted by molar-refractivity contribution is 7.88. The summed E-state index contributed by atoms with van der Waals surface area (Å²) in [5, 5.41) is 10.6. The molecule has 3 rings (SSSR count). The van der Waals surface area contributed by atoms with E-state index in [4.69, 9.17) is 4.74 Å². The van der Waals surface area contributed by atoms with Gasteiger partial charge in [0.05, 0.1) is 19.0 Å². The maximum absolute atomic E-state index is 12.2. The van der Waals surface area contributed by atoms with E-state index in [-0.39, 0.29) is 25.8 Å². The Bertz CT molecular complexity index is 956. The predicted molar refractivity (Wildman–Crippen MR) is 118 cm³/mol. The van der Waals surface area contributed by atoms with E-state index >= 15 is 0 Å². The Morgan fingerprint density at radius 2 is 1.30 bits per heavy atom. The number of hydrogen-bond donors (Lipinski definition) is 1. The molecule has 30 heavy (non-hydrogen) atoms. The number of ether oxygens (including phenoxy) is 1. The van der Waals surface area contributed by atoms with Crippen LogP contribution < -0.4 is 0 Å². The summed E-state index contributed by atoms with van der Waals surface area (Å²) in [5.41, 5.74) is 2.81. The van der Waals surface area contributed by atoms with Crippen molar-refractivity contribution in [1.82, 2.24) is 4.31 Å². The van der Waals surface area contributed by atoms with Crippen LogP contribution in [0.1, 0.15) is 22.8 Å². The fourth-order valence-corrected chi connectivity index (χ4v) is 4.07. The van der Waals surface area contributed by atoms with Crippen LogP contribution in [0.15, 0.2) is 91.0 Å². The summed E-state index contributed by atoms with van der Waals surface area (Å²) in [6, 6.07) is 28.9. The van der Waals surface area contributed by atoms with Gasteiger partial charge in [-0.25, -0.2) is 8.42 Å². The molecule has 1 N–H and O–H groups in total. The zero-order chi connectivity index (χ0) is 21.4. The summed E-state index contributed by atoms with van der Waals surface area (Å²) < 4.78 is 31.8. The SMILES string of the molecule is CS(=O)(=O)N(Cc1ccccc1)C[C@@H](O)COC(c1ccccc1)c1ccccc1. The molecule has 0 aromatic heterocycles. The number of aliphatic hydroxyl groups excluding tert-OH is 1. The van der Waals surface area contributed by atoms with Gasteiger partial charge in [-0.3, -0.25) is 0 Å². The van der Waals surface area contributed by atoms with E-state index in [2.05, 4.69) is 0 Å². The maximum atomic E-state index is 12.2. The zero-order valence-electron chi connectivity index (χ0n) is 17.0. The Morgan fingerprint density at radius 1 is 0.833 bits per heavy atom. The van der Waals surface area contributed by atoms with Crippen molar-refractivity contribution in [3.63, 3.8) is 0 Å². The Hall–Kier alpha value is -2.51. The number of hydrogen-bond acceptors (Lipinski definition) is 4. The monoisotopic (exact) mass is 425 g/mol. The molecule has 3 aromatic carbocycles. The summed E-state index contributed by atoms with van der Waals surface area (Å²) in [4.78, 5) is 0. The van der Waals surface area contributed by atoms with Crippen molar-refractivity contribution in [1.29, 1.82) is 0 Å². The van der Waals surface area contributed by atoms with E-state index in [9.17, 15) is 13.5 Å². The minimum absolute atomic E-state index is 0.00919. The zero-order valence-corrected chi connectivity index (χ0v) is 17.8. The number of nitrogens with zero attached hydrogens (tertiary/aromatic N) is 1. The van der Waals surface area contributed by atoms with Crippen molar-refractivity contribution in [3.05, 3.63) is 108 Å². The van der Waals surface area contributed by atoms with Gasteiger partial charge < -0.3 is 9.84 Å². The molecule has 0 spiro atoms. The van der Waals surface area contributed by atoms with Crippen molar-refractivity contribution >= 4 is 10.0 Å². The normalized spacial score (nSPS) is 12.9. The average Bonchev–Trinajstić information content (AvgIpc) is 2.75. The first-order valence-corrected chi connectivity index (χ1v) is 11.7. The van der Waals surface area contributed by atoms with E-state index in [0.717, 1.165) is 22.9 Å². The molecule has 5 nitrogen and oxygen atoms in total. The third-order valence-corrected chi connectivity index (χ3v) is 5.96. The number of sulfonamides is 1. The quantitative estimate of drug-likeness (QED) is 0.539. The summed E-state index contributed by atoms with van der Waals surface area (Å²) in [5.74, 6) is 0. The first-order valence-electron chi connectivity index (χ1n) is 9.82. The van der Waals surface area contributed by atoms with Crippen LogP contribution >= 0.6 is 0 Å². The second-order valence-electron chi connectivity index (χ2n) is 7.23. The minimum Gasteiger partial charge on any atom is -0.389 e. The van der Waals surface area contributed by atoms with Crippen molar-refractivity contribution in [2.45, 2.75) is 18.8 Å². The van der Waals surface area contributed by atoms with Gasteiger partial charge in [0.15, 0.2) is 0 Å². The van der Waals surface area contributed by atoms with Gasteiger partial charge in [-0.15, -0.1) is 0 Å². The molecule has 0 radical (unpaired) electrons. The third-order valence-electron chi connectivity index (χ3n) is 4.75.